The van der Waals surface area contributed by atoms with Crippen molar-refractivity contribution in [1.29, 1.82) is 5.26 Å². The topological polar surface area (TPSA) is 99.4 Å². The van der Waals surface area contributed by atoms with Gasteiger partial charge in [0.05, 0.1) is 6.07 Å². The van der Waals surface area contributed by atoms with Gasteiger partial charge in [-0.2, -0.15) is 5.26 Å². The monoisotopic (exact) mass is 302 g/mol. The van der Waals surface area contributed by atoms with Gasteiger partial charge >= 0.3 is 5.97 Å². The molecule has 6 nitrogen and oxygen atoms in total. The summed E-state index contributed by atoms with van der Waals surface area (Å²) in [7, 11) is 0. The number of nitriles is 1. The van der Waals surface area contributed by atoms with Crippen LogP contribution in [0.5, 0.6) is 5.75 Å². The Morgan fingerprint density at radius 2 is 1.95 bits per heavy atom. The molecule has 0 atom stereocenters. The zero-order valence-corrected chi connectivity index (χ0v) is 12.2. The molecule has 1 aromatic rings. The summed E-state index contributed by atoms with van der Waals surface area (Å²) in [4.78, 5) is 23.1. The number of carboxylic acids is 1. The summed E-state index contributed by atoms with van der Waals surface area (Å²) in [5, 5.41) is 21.1. The normalized spacial score (nSPS) is 16.3. The van der Waals surface area contributed by atoms with Crippen LogP contribution < -0.4 is 10.1 Å². The molecule has 1 saturated carbocycles. The Kier molecular flexibility index (Phi) is 4.99. The molecule has 1 aromatic carbocycles. The van der Waals surface area contributed by atoms with E-state index in [0.29, 0.717) is 12.8 Å². The molecule has 1 fully saturated rings. The quantitative estimate of drug-likeness (QED) is 0.867. The molecule has 1 aliphatic rings. The molecule has 2 rings (SSSR count). The highest BCUT2D eigenvalue weighted by atomic mass is 16.5. The molecule has 0 saturated heterocycles. The molecular weight excluding hydrogens is 284 g/mol. The number of carboxylic acid groups (broad SMARTS) is 1. The van der Waals surface area contributed by atoms with Gasteiger partial charge in [-0.25, -0.2) is 4.79 Å². The second-order valence-electron chi connectivity index (χ2n) is 5.39. The first kappa shape index (κ1) is 15.8. The average molecular weight is 302 g/mol. The average Bonchev–Trinajstić information content (AvgIpc) is 2.54. The number of benzene rings is 1. The Balaban J connectivity index is 1.96. The number of aromatic carboxylic acids is 1. The number of rotatable bonds is 5. The highest BCUT2D eigenvalue weighted by molar-refractivity contribution is 5.91. The lowest BCUT2D eigenvalue weighted by molar-refractivity contribution is -0.124. The van der Waals surface area contributed by atoms with Gasteiger partial charge in [-0.1, -0.05) is 31.4 Å². The van der Waals surface area contributed by atoms with Gasteiger partial charge in [-0.15, -0.1) is 0 Å². The van der Waals surface area contributed by atoms with Gasteiger partial charge in [-0.05, 0) is 25.0 Å². The van der Waals surface area contributed by atoms with Crippen LogP contribution in [0, 0.1) is 11.3 Å². The molecule has 0 heterocycles. The van der Waals surface area contributed by atoms with Crippen LogP contribution in [0.15, 0.2) is 24.3 Å². The van der Waals surface area contributed by atoms with Crippen LogP contribution in [0.4, 0.5) is 0 Å². The van der Waals surface area contributed by atoms with E-state index in [1.807, 2.05) is 0 Å². The maximum Gasteiger partial charge on any atom is 0.339 e. The number of amides is 1. The van der Waals surface area contributed by atoms with Gasteiger partial charge in [0, 0.05) is 0 Å². The smallest absolute Gasteiger partial charge is 0.339 e. The van der Waals surface area contributed by atoms with Crippen LogP contribution in [-0.2, 0) is 4.79 Å². The molecule has 6 heteroatoms. The van der Waals surface area contributed by atoms with Crippen molar-refractivity contribution in [3.05, 3.63) is 29.8 Å². The zero-order chi connectivity index (χ0) is 16.0. The lowest BCUT2D eigenvalue weighted by Crippen LogP contribution is -2.50. The lowest BCUT2D eigenvalue weighted by Gasteiger charge is -2.31. The first-order chi connectivity index (χ1) is 10.6. The number of nitrogens with zero attached hydrogens (tertiary/aromatic N) is 1. The summed E-state index contributed by atoms with van der Waals surface area (Å²) in [6.45, 7) is -0.312. The molecule has 0 radical (unpaired) electrons. The van der Waals surface area contributed by atoms with Crippen molar-refractivity contribution in [1.82, 2.24) is 5.32 Å². The first-order valence-electron chi connectivity index (χ1n) is 7.24. The van der Waals surface area contributed by atoms with Crippen LogP contribution >= 0.6 is 0 Å². The molecule has 0 unspecified atom stereocenters. The number of carbonyl (C=O) groups is 2. The van der Waals surface area contributed by atoms with E-state index in [9.17, 15) is 14.9 Å². The van der Waals surface area contributed by atoms with Gasteiger partial charge in [0.1, 0.15) is 16.9 Å². The van der Waals surface area contributed by atoms with Crippen molar-refractivity contribution >= 4 is 11.9 Å². The van der Waals surface area contributed by atoms with Crippen molar-refractivity contribution < 1.29 is 19.4 Å². The Hall–Kier alpha value is -2.55. The van der Waals surface area contributed by atoms with E-state index in [1.165, 1.54) is 12.1 Å². The summed E-state index contributed by atoms with van der Waals surface area (Å²) >= 11 is 0. The predicted molar refractivity (Wildman–Crippen MR) is 78.5 cm³/mol. The Morgan fingerprint density at radius 1 is 1.27 bits per heavy atom. The summed E-state index contributed by atoms with van der Waals surface area (Å²) in [6, 6.07) is 8.33. The van der Waals surface area contributed by atoms with Gasteiger partial charge in [-0.3, -0.25) is 4.79 Å². The third-order valence-electron chi connectivity index (χ3n) is 3.78. The van der Waals surface area contributed by atoms with Crippen molar-refractivity contribution in [3.8, 4) is 11.8 Å². The van der Waals surface area contributed by atoms with E-state index in [2.05, 4.69) is 11.4 Å². The van der Waals surface area contributed by atoms with Gasteiger partial charge < -0.3 is 15.2 Å². The van der Waals surface area contributed by atoms with E-state index in [4.69, 9.17) is 9.84 Å². The fourth-order valence-corrected chi connectivity index (χ4v) is 2.64. The molecule has 0 aromatic heterocycles. The minimum atomic E-state index is -1.11. The molecule has 1 aliphatic carbocycles. The number of carbonyl (C=O) groups excluding carboxylic acids is 1. The Bertz CT molecular complexity index is 600. The fourth-order valence-electron chi connectivity index (χ4n) is 2.64. The minimum Gasteiger partial charge on any atom is -0.483 e. The number of nitrogens with one attached hydrogen (secondary N) is 1. The van der Waals surface area contributed by atoms with E-state index >= 15 is 0 Å². The Morgan fingerprint density at radius 3 is 2.59 bits per heavy atom. The van der Waals surface area contributed by atoms with Crippen LogP contribution in [-0.4, -0.2) is 29.1 Å². The molecule has 2 N–H and O–H groups in total. The van der Waals surface area contributed by atoms with Crippen molar-refractivity contribution in [3.63, 3.8) is 0 Å². The molecule has 22 heavy (non-hydrogen) atoms. The number of hydrogen-bond donors (Lipinski definition) is 2. The fraction of sp³-hybridized carbons (Fsp3) is 0.438. The zero-order valence-electron chi connectivity index (χ0n) is 12.2. The van der Waals surface area contributed by atoms with E-state index in [1.54, 1.807) is 12.1 Å². The van der Waals surface area contributed by atoms with Crippen LogP contribution in [0.3, 0.4) is 0 Å². The molecule has 0 aliphatic heterocycles. The molecule has 0 bridgehead atoms. The lowest BCUT2D eigenvalue weighted by atomic mass is 9.83. The van der Waals surface area contributed by atoms with Crippen molar-refractivity contribution in [2.45, 2.75) is 37.6 Å². The summed E-state index contributed by atoms with van der Waals surface area (Å²) < 4.78 is 5.29. The number of ether oxygens (including phenoxy) is 1. The second-order valence-corrected chi connectivity index (χ2v) is 5.39. The molecule has 116 valence electrons. The van der Waals surface area contributed by atoms with E-state index < -0.39 is 17.4 Å². The van der Waals surface area contributed by atoms with Gasteiger partial charge in [0.2, 0.25) is 0 Å². The number of hydrogen-bond acceptors (Lipinski definition) is 4. The first-order valence-corrected chi connectivity index (χ1v) is 7.24. The predicted octanol–water partition coefficient (Wildman–Crippen LogP) is 2.11. The summed E-state index contributed by atoms with van der Waals surface area (Å²) in [5.74, 6) is -1.39. The standard InChI is InChI=1S/C16H18N2O4/c17-11-16(8-4-1-5-9-16)18-14(19)10-22-13-7-3-2-6-12(13)15(20)21/h2-3,6-7H,1,4-5,8-10H2,(H,18,19)(H,20,21). The summed E-state index contributed by atoms with van der Waals surface area (Å²) in [5.41, 5.74) is -0.812. The Labute approximate surface area is 128 Å². The van der Waals surface area contributed by atoms with E-state index in [0.717, 1.165) is 19.3 Å². The third-order valence-corrected chi connectivity index (χ3v) is 3.78. The van der Waals surface area contributed by atoms with Crippen molar-refractivity contribution in [2.24, 2.45) is 0 Å². The van der Waals surface area contributed by atoms with Gasteiger partial charge in [0.15, 0.2) is 6.61 Å². The van der Waals surface area contributed by atoms with E-state index in [-0.39, 0.29) is 17.9 Å². The maximum atomic E-state index is 12.0. The highest BCUT2D eigenvalue weighted by Crippen LogP contribution is 2.27. The second kappa shape index (κ2) is 6.94. The van der Waals surface area contributed by atoms with Crippen LogP contribution in [0.2, 0.25) is 0 Å². The van der Waals surface area contributed by atoms with Crippen LogP contribution in [0.25, 0.3) is 0 Å². The molecule has 1 amide bonds. The minimum absolute atomic E-state index is 0.00274. The van der Waals surface area contributed by atoms with Crippen molar-refractivity contribution in [2.75, 3.05) is 6.61 Å². The third kappa shape index (κ3) is 3.76. The maximum absolute atomic E-state index is 12.0. The number of para-hydroxylation sites is 1. The SMILES string of the molecule is N#CC1(NC(=O)COc2ccccc2C(=O)O)CCCCC1. The molecule has 0 spiro atoms. The molecular formula is C16H18N2O4. The van der Waals surface area contributed by atoms with Gasteiger partial charge in [0.25, 0.3) is 5.91 Å². The summed E-state index contributed by atoms with van der Waals surface area (Å²) in [6.07, 6.45) is 4.18. The highest BCUT2D eigenvalue weighted by Gasteiger charge is 2.33. The van der Waals surface area contributed by atoms with Crippen LogP contribution in [0.1, 0.15) is 42.5 Å². The largest absolute Gasteiger partial charge is 0.483 e.